The van der Waals surface area contributed by atoms with Gasteiger partial charge in [-0.3, -0.25) is 5.14 Å². The SMILES string of the molecule is CCN(C)CCCSN. The lowest BCUT2D eigenvalue weighted by atomic mass is 10.4. The van der Waals surface area contributed by atoms with E-state index in [1.807, 2.05) is 0 Å². The quantitative estimate of drug-likeness (QED) is 0.464. The van der Waals surface area contributed by atoms with E-state index in [4.69, 9.17) is 5.14 Å². The van der Waals surface area contributed by atoms with Crippen molar-refractivity contribution < 1.29 is 0 Å². The number of hydrogen-bond donors (Lipinski definition) is 1. The predicted molar refractivity (Wildman–Crippen MR) is 44.4 cm³/mol. The van der Waals surface area contributed by atoms with Gasteiger partial charge in [-0.05, 0) is 26.6 Å². The number of hydrogen-bond acceptors (Lipinski definition) is 3. The molecule has 0 saturated heterocycles. The topological polar surface area (TPSA) is 29.3 Å². The molecule has 9 heavy (non-hydrogen) atoms. The Labute approximate surface area is 61.9 Å². The molecule has 0 saturated carbocycles. The molecule has 0 heterocycles. The Morgan fingerprint density at radius 1 is 1.56 bits per heavy atom. The summed E-state index contributed by atoms with van der Waals surface area (Å²) in [5.41, 5.74) is 0. The lowest BCUT2D eigenvalue weighted by Gasteiger charge is -2.11. The summed E-state index contributed by atoms with van der Waals surface area (Å²) >= 11 is 1.43. The first-order valence-corrected chi connectivity index (χ1v) is 4.36. The van der Waals surface area contributed by atoms with Crippen molar-refractivity contribution in [2.24, 2.45) is 5.14 Å². The van der Waals surface area contributed by atoms with Gasteiger partial charge in [0.25, 0.3) is 0 Å². The van der Waals surface area contributed by atoms with Crippen molar-refractivity contribution in [2.45, 2.75) is 13.3 Å². The predicted octanol–water partition coefficient (Wildman–Crippen LogP) is 0.935. The molecule has 0 spiro atoms. The number of nitrogens with two attached hydrogens (primary N) is 1. The largest absolute Gasteiger partial charge is 0.307 e. The summed E-state index contributed by atoms with van der Waals surface area (Å²) in [6, 6.07) is 0. The Hall–Kier alpha value is 0.270. The minimum absolute atomic E-state index is 1.07. The van der Waals surface area contributed by atoms with Crippen molar-refractivity contribution in [2.75, 3.05) is 25.9 Å². The van der Waals surface area contributed by atoms with Crippen LogP contribution in [-0.2, 0) is 0 Å². The second-order valence-corrected chi connectivity index (χ2v) is 2.86. The normalized spacial score (nSPS) is 10.7. The fourth-order valence-corrected chi connectivity index (χ4v) is 0.872. The third-order valence-corrected chi connectivity index (χ3v) is 1.87. The summed E-state index contributed by atoms with van der Waals surface area (Å²) in [6.45, 7) is 4.46. The van der Waals surface area contributed by atoms with E-state index in [1.54, 1.807) is 0 Å². The molecular formula is C6H16N2S. The first-order valence-electron chi connectivity index (χ1n) is 3.31. The van der Waals surface area contributed by atoms with E-state index in [9.17, 15) is 0 Å². The summed E-state index contributed by atoms with van der Waals surface area (Å²) in [5, 5.41) is 5.25. The van der Waals surface area contributed by atoms with Crippen molar-refractivity contribution in [3.8, 4) is 0 Å². The van der Waals surface area contributed by atoms with E-state index in [0.29, 0.717) is 0 Å². The van der Waals surface area contributed by atoms with Crippen LogP contribution in [0.3, 0.4) is 0 Å². The maximum Gasteiger partial charge on any atom is 0.00886 e. The second-order valence-electron chi connectivity index (χ2n) is 2.12. The van der Waals surface area contributed by atoms with E-state index < -0.39 is 0 Å². The average Bonchev–Trinajstić information content (AvgIpc) is 1.89. The molecule has 0 aliphatic rings. The van der Waals surface area contributed by atoms with E-state index in [-0.39, 0.29) is 0 Å². The second kappa shape index (κ2) is 6.39. The Kier molecular flexibility index (Phi) is 6.58. The standard InChI is InChI=1S/C6H16N2S/c1-3-8(2)5-4-6-9-7/h3-7H2,1-2H3. The summed E-state index contributed by atoms with van der Waals surface area (Å²) < 4.78 is 0. The number of nitrogens with zero attached hydrogens (tertiary/aromatic N) is 1. The van der Waals surface area contributed by atoms with Crippen molar-refractivity contribution in [1.82, 2.24) is 4.90 Å². The third-order valence-electron chi connectivity index (χ3n) is 1.34. The minimum atomic E-state index is 1.07. The summed E-state index contributed by atoms with van der Waals surface area (Å²) in [4.78, 5) is 2.29. The van der Waals surface area contributed by atoms with Crippen molar-refractivity contribution in [3.05, 3.63) is 0 Å². The van der Waals surface area contributed by atoms with Gasteiger partial charge in [-0.15, -0.1) is 0 Å². The van der Waals surface area contributed by atoms with Crippen LogP contribution in [0.15, 0.2) is 0 Å². The molecule has 0 radical (unpaired) electrons. The van der Waals surface area contributed by atoms with Crippen molar-refractivity contribution in [3.63, 3.8) is 0 Å². The molecule has 0 aliphatic carbocycles. The highest BCUT2D eigenvalue weighted by molar-refractivity contribution is 7.97. The molecule has 0 unspecified atom stereocenters. The van der Waals surface area contributed by atoms with Crippen LogP contribution in [0.25, 0.3) is 0 Å². The fraction of sp³-hybridized carbons (Fsp3) is 1.00. The average molecular weight is 148 g/mol. The van der Waals surface area contributed by atoms with Crippen LogP contribution in [0.4, 0.5) is 0 Å². The molecule has 0 aromatic heterocycles. The van der Waals surface area contributed by atoms with E-state index in [1.165, 1.54) is 24.9 Å². The molecule has 0 aliphatic heterocycles. The lowest BCUT2D eigenvalue weighted by Crippen LogP contribution is -2.19. The zero-order chi connectivity index (χ0) is 7.11. The summed E-state index contributed by atoms with van der Waals surface area (Å²) in [7, 11) is 2.13. The highest BCUT2D eigenvalue weighted by Crippen LogP contribution is 1.92. The molecule has 2 nitrogen and oxygen atoms in total. The molecule has 0 fully saturated rings. The monoisotopic (exact) mass is 148 g/mol. The number of rotatable bonds is 5. The Morgan fingerprint density at radius 3 is 2.67 bits per heavy atom. The van der Waals surface area contributed by atoms with Gasteiger partial charge in [-0.2, -0.15) is 0 Å². The highest BCUT2D eigenvalue weighted by Gasteiger charge is 1.91. The molecule has 0 bridgehead atoms. The molecule has 0 aromatic rings. The van der Waals surface area contributed by atoms with Crippen LogP contribution in [0.1, 0.15) is 13.3 Å². The molecule has 0 aromatic carbocycles. The Bertz CT molecular complexity index is 59.0. The fourth-order valence-electron chi connectivity index (χ4n) is 0.576. The van der Waals surface area contributed by atoms with E-state index >= 15 is 0 Å². The minimum Gasteiger partial charge on any atom is -0.307 e. The maximum atomic E-state index is 5.25. The van der Waals surface area contributed by atoms with Gasteiger partial charge in [-0.1, -0.05) is 18.9 Å². The zero-order valence-corrected chi connectivity index (χ0v) is 7.08. The summed E-state index contributed by atoms with van der Waals surface area (Å²) in [6.07, 6.45) is 1.20. The third kappa shape index (κ3) is 6.15. The van der Waals surface area contributed by atoms with Gasteiger partial charge in [-0.25, -0.2) is 0 Å². The molecule has 2 N–H and O–H groups in total. The van der Waals surface area contributed by atoms with Gasteiger partial charge < -0.3 is 4.90 Å². The van der Waals surface area contributed by atoms with Gasteiger partial charge in [0.1, 0.15) is 0 Å². The van der Waals surface area contributed by atoms with Crippen LogP contribution < -0.4 is 5.14 Å². The van der Waals surface area contributed by atoms with Gasteiger partial charge in [0.2, 0.25) is 0 Å². The molecule has 0 amide bonds. The molecular weight excluding hydrogens is 132 g/mol. The van der Waals surface area contributed by atoms with Crippen molar-refractivity contribution >= 4 is 11.9 Å². The van der Waals surface area contributed by atoms with Crippen molar-refractivity contribution in [1.29, 1.82) is 0 Å². The van der Waals surface area contributed by atoms with Crippen LogP contribution in [0.2, 0.25) is 0 Å². The first-order chi connectivity index (χ1) is 4.31. The van der Waals surface area contributed by atoms with Gasteiger partial charge in [0.15, 0.2) is 0 Å². The maximum absolute atomic E-state index is 5.25. The van der Waals surface area contributed by atoms with Gasteiger partial charge in [0, 0.05) is 5.75 Å². The van der Waals surface area contributed by atoms with E-state index in [0.717, 1.165) is 12.3 Å². The summed E-state index contributed by atoms with van der Waals surface area (Å²) in [5.74, 6) is 1.07. The first kappa shape index (κ1) is 9.27. The molecule has 0 rings (SSSR count). The highest BCUT2D eigenvalue weighted by atomic mass is 32.2. The molecule has 0 atom stereocenters. The van der Waals surface area contributed by atoms with Gasteiger partial charge >= 0.3 is 0 Å². The van der Waals surface area contributed by atoms with Gasteiger partial charge in [0.05, 0.1) is 0 Å². The van der Waals surface area contributed by atoms with E-state index in [2.05, 4.69) is 18.9 Å². The lowest BCUT2D eigenvalue weighted by molar-refractivity contribution is 0.355. The van der Waals surface area contributed by atoms with Crippen LogP contribution in [0, 0.1) is 0 Å². The molecule has 56 valence electrons. The smallest absolute Gasteiger partial charge is 0.00886 e. The Morgan fingerprint density at radius 2 is 2.22 bits per heavy atom. The molecule has 3 heteroatoms. The van der Waals surface area contributed by atoms with Crippen LogP contribution >= 0.6 is 11.9 Å². The van der Waals surface area contributed by atoms with Crippen LogP contribution in [0.5, 0.6) is 0 Å². The Balaban J connectivity index is 2.88. The van der Waals surface area contributed by atoms with Crippen LogP contribution in [-0.4, -0.2) is 30.8 Å². The zero-order valence-electron chi connectivity index (χ0n) is 6.26.